The van der Waals surface area contributed by atoms with E-state index in [1.54, 1.807) is 24.3 Å². The van der Waals surface area contributed by atoms with Gasteiger partial charge in [0.05, 0.1) is 0 Å². The molecule has 2 aromatic carbocycles. The van der Waals surface area contributed by atoms with Gasteiger partial charge in [-0.3, -0.25) is 9.59 Å². The third-order valence-corrected chi connectivity index (χ3v) is 3.65. The molecule has 0 bridgehead atoms. The minimum Gasteiger partial charge on any atom is -0.378 e. The van der Waals surface area contributed by atoms with E-state index in [1.807, 2.05) is 43.3 Å². The number of nitrogens with zero attached hydrogens (tertiary/aromatic N) is 1. The van der Waals surface area contributed by atoms with Crippen molar-refractivity contribution in [2.45, 2.75) is 6.42 Å². The molecular formula is C17H18BrN3O2. The summed E-state index contributed by atoms with van der Waals surface area (Å²) in [6, 6.07) is 14.6. The number of carbonyl (C=O) groups is 2. The van der Waals surface area contributed by atoms with Crippen LogP contribution in [0, 0.1) is 0 Å². The highest BCUT2D eigenvalue weighted by Crippen LogP contribution is 2.16. The average molecular weight is 376 g/mol. The zero-order valence-corrected chi connectivity index (χ0v) is 14.6. The first-order valence-electron chi connectivity index (χ1n) is 7.07. The van der Waals surface area contributed by atoms with Gasteiger partial charge in [0.2, 0.25) is 11.8 Å². The summed E-state index contributed by atoms with van der Waals surface area (Å²) in [6.07, 6.45) is -0.231. The molecule has 0 radical (unpaired) electrons. The number of hydrogen-bond acceptors (Lipinski definition) is 3. The first-order chi connectivity index (χ1) is 10.9. The molecule has 23 heavy (non-hydrogen) atoms. The smallest absolute Gasteiger partial charge is 0.233 e. The minimum atomic E-state index is -0.352. The van der Waals surface area contributed by atoms with E-state index in [0.29, 0.717) is 11.4 Å². The molecule has 2 amide bonds. The van der Waals surface area contributed by atoms with Crippen LogP contribution in [-0.4, -0.2) is 25.9 Å². The monoisotopic (exact) mass is 375 g/mol. The Labute approximate surface area is 143 Å². The Balaban J connectivity index is 1.86. The minimum absolute atomic E-state index is 0.231. The molecule has 0 aliphatic heterocycles. The molecule has 2 aromatic rings. The van der Waals surface area contributed by atoms with E-state index in [-0.39, 0.29) is 18.2 Å². The molecule has 6 heteroatoms. The Kier molecular flexibility index (Phi) is 5.76. The molecule has 0 aliphatic rings. The number of anilines is 3. The third-order valence-electron chi connectivity index (χ3n) is 3.12. The molecule has 0 saturated carbocycles. The lowest BCUT2D eigenvalue weighted by molar-refractivity contribution is -0.123. The number of halogens is 1. The zero-order chi connectivity index (χ0) is 16.8. The van der Waals surface area contributed by atoms with Gasteiger partial charge in [0.15, 0.2) is 0 Å². The van der Waals surface area contributed by atoms with E-state index in [1.165, 1.54) is 0 Å². The predicted molar refractivity (Wildman–Crippen MR) is 96.8 cm³/mol. The van der Waals surface area contributed by atoms with Crippen LogP contribution in [0.3, 0.4) is 0 Å². The molecule has 120 valence electrons. The van der Waals surface area contributed by atoms with Gasteiger partial charge in [0, 0.05) is 35.6 Å². The van der Waals surface area contributed by atoms with Crippen LogP contribution >= 0.6 is 15.9 Å². The van der Waals surface area contributed by atoms with Crippen molar-refractivity contribution in [3.63, 3.8) is 0 Å². The lowest BCUT2D eigenvalue weighted by Crippen LogP contribution is -2.21. The van der Waals surface area contributed by atoms with Gasteiger partial charge in [-0.05, 0) is 48.5 Å². The number of carbonyl (C=O) groups excluding carboxylic acids is 2. The molecule has 0 saturated heterocycles. The quantitative estimate of drug-likeness (QED) is 0.786. The number of benzene rings is 2. The van der Waals surface area contributed by atoms with Gasteiger partial charge in [0.1, 0.15) is 6.42 Å². The normalized spacial score (nSPS) is 10.0. The highest BCUT2D eigenvalue weighted by atomic mass is 79.9. The maximum absolute atomic E-state index is 11.9. The van der Waals surface area contributed by atoms with E-state index < -0.39 is 0 Å². The fourth-order valence-corrected chi connectivity index (χ4v) is 2.20. The third kappa shape index (κ3) is 5.41. The van der Waals surface area contributed by atoms with Crippen LogP contribution in [0.4, 0.5) is 17.1 Å². The lowest BCUT2D eigenvalue weighted by atomic mass is 10.2. The summed E-state index contributed by atoms with van der Waals surface area (Å²) < 4.78 is 0.925. The maximum Gasteiger partial charge on any atom is 0.233 e. The molecule has 0 atom stereocenters. The summed E-state index contributed by atoms with van der Waals surface area (Å²) in [6.45, 7) is 0. The van der Waals surface area contributed by atoms with Crippen molar-refractivity contribution in [2.24, 2.45) is 0 Å². The fourth-order valence-electron chi connectivity index (χ4n) is 1.93. The Bertz CT molecular complexity index is 682. The molecule has 2 rings (SSSR count). The first kappa shape index (κ1) is 17.0. The average Bonchev–Trinajstić information content (AvgIpc) is 2.50. The Morgan fingerprint density at radius 2 is 1.30 bits per heavy atom. The summed E-state index contributed by atoms with van der Waals surface area (Å²) in [4.78, 5) is 25.7. The molecule has 2 N–H and O–H groups in total. The molecule has 0 aliphatic carbocycles. The van der Waals surface area contributed by atoms with Gasteiger partial charge in [-0.15, -0.1) is 0 Å². The van der Waals surface area contributed by atoms with E-state index in [0.717, 1.165) is 10.2 Å². The maximum atomic E-state index is 11.9. The zero-order valence-electron chi connectivity index (χ0n) is 13.0. The van der Waals surface area contributed by atoms with E-state index in [4.69, 9.17) is 0 Å². The summed E-state index contributed by atoms with van der Waals surface area (Å²) >= 11 is 3.32. The number of hydrogen-bond donors (Lipinski definition) is 2. The van der Waals surface area contributed by atoms with Crippen LogP contribution in [0.2, 0.25) is 0 Å². The summed E-state index contributed by atoms with van der Waals surface area (Å²) in [5.41, 5.74) is 2.36. The van der Waals surface area contributed by atoms with Crippen molar-refractivity contribution in [3.05, 3.63) is 53.0 Å². The molecule has 0 heterocycles. The summed E-state index contributed by atoms with van der Waals surface area (Å²) in [5, 5.41) is 5.39. The van der Waals surface area contributed by atoms with Crippen molar-refractivity contribution < 1.29 is 9.59 Å². The van der Waals surface area contributed by atoms with Gasteiger partial charge in [-0.2, -0.15) is 0 Å². The topological polar surface area (TPSA) is 61.4 Å². The van der Waals surface area contributed by atoms with Gasteiger partial charge in [-0.25, -0.2) is 0 Å². The van der Waals surface area contributed by atoms with Crippen LogP contribution in [0.25, 0.3) is 0 Å². The van der Waals surface area contributed by atoms with Gasteiger partial charge in [0.25, 0.3) is 0 Å². The van der Waals surface area contributed by atoms with Crippen LogP contribution < -0.4 is 15.5 Å². The fraction of sp³-hybridized carbons (Fsp3) is 0.176. The molecule has 0 fully saturated rings. The number of rotatable bonds is 5. The largest absolute Gasteiger partial charge is 0.378 e. The van der Waals surface area contributed by atoms with Crippen molar-refractivity contribution in [1.29, 1.82) is 0 Å². The number of amides is 2. The Hall–Kier alpha value is -2.34. The van der Waals surface area contributed by atoms with E-state index >= 15 is 0 Å². The summed E-state index contributed by atoms with van der Waals surface area (Å²) in [5.74, 6) is -0.702. The first-order valence-corrected chi connectivity index (χ1v) is 7.86. The van der Waals surface area contributed by atoms with Crippen molar-refractivity contribution in [3.8, 4) is 0 Å². The molecule has 0 spiro atoms. The standard InChI is InChI=1S/C17H18BrN3O2/c1-21(2)15-9-7-14(8-10-15)20-17(23)11-16(22)19-13-5-3-12(18)4-6-13/h3-10H,11H2,1-2H3,(H,19,22)(H,20,23). The lowest BCUT2D eigenvalue weighted by Gasteiger charge is -2.13. The predicted octanol–water partition coefficient (Wildman–Crippen LogP) is 3.48. The van der Waals surface area contributed by atoms with Crippen LogP contribution in [-0.2, 0) is 9.59 Å². The molecule has 0 unspecified atom stereocenters. The second-order valence-corrected chi connectivity index (χ2v) is 6.14. The Morgan fingerprint density at radius 1 is 0.870 bits per heavy atom. The van der Waals surface area contributed by atoms with Crippen molar-refractivity contribution >= 4 is 44.8 Å². The molecule has 5 nitrogen and oxygen atoms in total. The van der Waals surface area contributed by atoms with Gasteiger partial charge in [-0.1, -0.05) is 15.9 Å². The highest BCUT2D eigenvalue weighted by Gasteiger charge is 2.10. The van der Waals surface area contributed by atoms with E-state index in [9.17, 15) is 9.59 Å². The van der Waals surface area contributed by atoms with Crippen molar-refractivity contribution in [2.75, 3.05) is 29.6 Å². The van der Waals surface area contributed by atoms with Gasteiger partial charge < -0.3 is 15.5 Å². The highest BCUT2D eigenvalue weighted by molar-refractivity contribution is 9.10. The van der Waals surface area contributed by atoms with Crippen molar-refractivity contribution in [1.82, 2.24) is 0 Å². The van der Waals surface area contributed by atoms with E-state index in [2.05, 4.69) is 26.6 Å². The summed E-state index contributed by atoms with van der Waals surface area (Å²) in [7, 11) is 3.89. The molecule has 0 aromatic heterocycles. The molecular weight excluding hydrogens is 358 g/mol. The second-order valence-electron chi connectivity index (χ2n) is 5.22. The van der Waals surface area contributed by atoms with Crippen LogP contribution in [0.5, 0.6) is 0 Å². The van der Waals surface area contributed by atoms with Crippen LogP contribution in [0.1, 0.15) is 6.42 Å². The Morgan fingerprint density at radius 3 is 1.74 bits per heavy atom. The second kappa shape index (κ2) is 7.78. The van der Waals surface area contributed by atoms with Gasteiger partial charge >= 0.3 is 0 Å². The van der Waals surface area contributed by atoms with Crippen LogP contribution in [0.15, 0.2) is 53.0 Å². The number of nitrogens with one attached hydrogen (secondary N) is 2. The SMILES string of the molecule is CN(C)c1ccc(NC(=O)CC(=O)Nc2ccc(Br)cc2)cc1.